The summed E-state index contributed by atoms with van der Waals surface area (Å²) in [5.41, 5.74) is 1.83. The summed E-state index contributed by atoms with van der Waals surface area (Å²) in [4.78, 5) is 21.4. The van der Waals surface area contributed by atoms with Gasteiger partial charge in [-0.15, -0.1) is 11.3 Å². The first-order valence-corrected chi connectivity index (χ1v) is 12.5. The summed E-state index contributed by atoms with van der Waals surface area (Å²) in [6.45, 7) is 2.91. The quantitative estimate of drug-likeness (QED) is 0.603. The maximum Gasteiger partial charge on any atom is 0.397 e. The van der Waals surface area contributed by atoms with Gasteiger partial charge in [0, 0.05) is 42.3 Å². The summed E-state index contributed by atoms with van der Waals surface area (Å²) in [6, 6.07) is 8.55. The SMILES string of the molecule is O=C(CC(F)(F)F)N1CCc2nc(-c3ccc(OC4CC(N5CCCCC5)C4)cc3)sc2C1. The van der Waals surface area contributed by atoms with Gasteiger partial charge in [0.1, 0.15) is 23.3 Å². The Bertz CT molecular complexity index is 980. The van der Waals surface area contributed by atoms with Crippen molar-refractivity contribution in [2.24, 2.45) is 0 Å². The molecule has 1 aromatic heterocycles. The van der Waals surface area contributed by atoms with Crippen molar-refractivity contribution in [1.82, 2.24) is 14.8 Å². The first-order chi connectivity index (χ1) is 15.8. The normalized spacial score (nSPS) is 23.7. The predicted molar refractivity (Wildman–Crippen MR) is 120 cm³/mol. The molecule has 3 aliphatic rings. The Morgan fingerprint density at radius 1 is 1.09 bits per heavy atom. The summed E-state index contributed by atoms with van der Waals surface area (Å²) >= 11 is 1.45. The smallest absolute Gasteiger partial charge is 0.397 e. The maximum atomic E-state index is 12.6. The molecule has 0 spiro atoms. The molecule has 1 saturated carbocycles. The number of likely N-dealkylation sites (tertiary alicyclic amines) is 1. The third kappa shape index (κ3) is 5.35. The number of nitrogens with zero attached hydrogens (tertiary/aromatic N) is 3. The van der Waals surface area contributed by atoms with Gasteiger partial charge in [0.2, 0.25) is 5.91 Å². The molecular formula is C24H28F3N3O2S. The first-order valence-electron chi connectivity index (χ1n) is 11.7. The van der Waals surface area contributed by atoms with Crippen LogP contribution in [-0.4, -0.2) is 58.6 Å². The van der Waals surface area contributed by atoms with Gasteiger partial charge in [-0.3, -0.25) is 4.79 Å². The van der Waals surface area contributed by atoms with Crippen molar-refractivity contribution in [2.75, 3.05) is 19.6 Å². The van der Waals surface area contributed by atoms with E-state index in [0.717, 1.165) is 39.7 Å². The van der Waals surface area contributed by atoms with E-state index in [4.69, 9.17) is 4.74 Å². The van der Waals surface area contributed by atoms with Crippen LogP contribution in [0, 0.1) is 0 Å². The number of rotatable bonds is 5. The lowest BCUT2D eigenvalue weighted by atomic mass is 9.86. The minimum Gasteiger partial charge on any atom is -0.490 e. The van der Waals surface area contributed by atoms with Crippen molar-refractivity contribution in [3.05, 3.63) is 34.8 Å². The van der Waals surface area contributed by atoms with E-state index in [0.29, 0.717) is 12.5 Å². The molecule has 9 heteroatoms. The summed E-state index contributed by atoms with van der Waals surface area (Å²) in [5.74, 6) is -0.0193. The number of aromatic nitrogens is 1. The predicted octanol–water partition coefficient (Wildman–Crippen LogP) is 5.04. The number of carbonyl (C=O) groups excluding carboxylic acids is 1. The molecular weight excluding hydrogens is 451 g/mol. The third-order valence-electron chi connectivity index (χ3n) is 6.82. The van der Waals surface area contributed by atoms with Crippen molar-refractivity contribution >= 4 is 17.2 Å². The van der Waals surface area contributed by atoms with E-state index in [1.807, 2.05) is 24.3 Å². The monoisotopic (exact) mass is 479 g/mol. The second kappa shape index (κ2) is 9.25. The van der Waals surface area contributed by atoms with Crippen molar-refractivity contribution in [2.45, 2.75) is 69.8 Å². The zero-order valence-corrected chi connectivity index (χ0v) is 19.3. The van der Waals surface area contributed by atoms with Crippen molar-refractivity contribution in [3.63, 3.8) is 0 Å². The van der Waals surface area contributed by atoms with E-state index in [9.17, 15) is 18.0 Å². The van der Waals surface area contributed by atoms with Crippen molar-refractivity contribution in [1.29, 1.82) is 0 Å². The van der Waals surface area contributed by atoms with Crippen LogP contribution in [0.5, 0.6) is 5.75 Å². The number of alkyl halides is 3. The van der Waals surface area contributed by atoms with Crippen molar-refractivity contribution < 1.29 is 22.7 Å². The van der Waals surface area contributed by atoms with E-state index < -0.39 is 18.5 Å². The van der Waals surface area contributed by atoms with Gasteiger partial charge in [-0.05, 0) is 50.2 Å². The zero-order valence-electron chi connectivity index (χ0n) is 18.4. The number of piperidine rings is 1. The van der Waals surface area contributed by atoms with E-state index in [-0.39, 0.29) is 19.2 Å². The molecule has 33 heavy (non-hydrogen) atoms. The van der Waals surface area contributed by atoms with Crippen LogP contribution in [0.15, 0.2) is 24.3 Å². The molecule has 5 rings (SSSR count). The topological polar surface area (TPSA) is 45.7 Å². The van der Waals surface area contributed by atoms with Crippen LogP contribution >= 0.6 is 11.3 Å². The fourth-order valence-corrected chi connectivity index (χ4v) is 6.03. The van der Waals surface area contributed by atoms with Crippen LogP contribution in [0.2, 0.25) is 0 Å². The molecule has 2 aliphatic heterocycles. The minimum absolute atomic E-state index is 0.197. The summed E-state index contributed by atoms with van der Waals surface area (Å²) in [7, 11) is 0. The fourth-order valence-electron chi connectivity index (χ4n) is 4.90. The van der Waals surface area contributed by atoms with Crippen LogP contribution in [-0.2, 0) is 17.8 Å². The highest BCUT2D eigenvalue weighted by Gasteiger charge is 2.36. The molecule has 1 saturated heterocycles. The van der Waals surface area contributed by atoms with Gasteiger partial charge in [-0.2, -0.15) is 13.2 Å². The van der Waals surface area contributed by atoms with Crippen LogP contribution < -0.4 is 4.74 Å². The molecule has 1 aliphatic carbocycles. The molecule has 0 atom stereocenters. The average molecular weight is 480 g/mol. The van der Waals surface area contributed by atoms with Gasteiger partial charge in [0.15, 0.2) is 0 Å². The summed E-state index contributed by atoms with van der Waals surface area (Å²) < 4.78 is 43.8. The van der Waals surface area contributed by atoms with E-state index in [1.165, 1.54) is 48.6 Å². The molecule has 2 aromatic rings. The molecule has 3 heterocycles. The van der Waals surface area contributed by atoms with Gasteiger partial charge >= 0.3 is 6.18 Å². The number of hydrogen-bond acceptors (Lipinski definition) is 5. The van der Waals surface area contributed by atoms with Gasteiger partial charge in [-0.25, -0.2) is 4.98 Å². The van der Waals surface area contributed by atoms with E-state index in [1.54, 1.807) is 0 Å². The lowest BCUT2D eigenvalue weighted by Crippen LogP contribution is -2.50. The molecule has 1 aromatic carbocycles. The largest absolute Gasteiger partial charge is 0.490 e. The second-order valence-corrected chi connectivity index (χ2v) is 10.3. The molecule has 0 bridgehead atoms. The highest BCUT2D eigenvalue weighted by atomic mass is 32.1. The average Bonchev–Trinajstić information content (AvgIpc) is 3.19. The number of halogens is 3. The summed E-state index contributed by atoms with van der Waals surface area (Å²) in [5, 5.41) is 0.825. The van der Waals surface area contributed by atoms with Crippen LogP contribution in [0.25, 0.3) is 10.6 Å². The Hall–Kier alpha value is -2.13. The van der Waals surface area contributed by atoms with Gasteiger partial charge in [0.05, 0.1) is 12.2 Å². The molecule has 2 fully saturated rings. The highest BCUT2D eigenvalue weighted by Crippen LogP contribution is 2.35. The number of amides is 1. The van der Waals surface area contributed by atoms with E-state index >= 15 is 0 Å². The van der Waals surface area contributed by atoms with Gasteiger partial charge < -0.3 is 14.5 Å². The van der Waals surface area contributed by atoms with Crippen LogP contribution in [0.4, 0.5) is 13.2 Å². The molecule has 178 valence electrons. The molecule has 0 unspecified atom stereocenters. The highest BCUT2D eigenvalue weighted by molar-refractivity contribution is 7.15. The summed E-state index contributed by atoms with van der Waals surface area (Å²) in [6.07, 6.45) is 1.02. The van der Waals surface area contributed by atoms with Crippen molar-refractivity contribution in [3.8, 4) is 16.3 Å². The first kappa shape index (κ1) is 22.7. The lowest BCUT2D eigenvalue weighted by molar-refractivity contribution is -0.162. The second-order valence-electron chi connectivity index (χ2n) is 9.23. The molecule has 0 radical (unpaired) electrons. The van der Waals surface area contributed by atoms with Crippen LogP contribution in [0.1, 0.15) is 49.1 Å². The number of carbonyl (C=O) groups is 1. The Balaban J connectivity index is 1.16. The number of ether oxygens (including phenoxy) is 1. The number of benzene rings is 1. The molecule has 0 N–H and O–H groups in total. The Kier molecular flexibility index (Phi) is 6.35. The fraction of sp³-hybridized carbons (Fsp3) is 0.583. The zero-order chi connectivity index (χ0) is 23.0. The number of hydrogen-bond donors (Lipinski definition) is 0. The van der Waals surface area contributed by atoms with Gasteiger partial charge in [-0.1, -0.05) is 6.42 Å². The maximum absolute atomic E-state index is 12.6. The standard InChI is InChI=1S/C24H28F3N3O2S/c25-24(26,27)14-22(31)30-11-8-20-21(15-30)33-23(28-20)16-4-6-18(7-5-16)32-19-12-17(13-19)29-9-2-1-3-10-29/h4-7,17,19H,1-3,8-15H2. The lowest BCUT2D eigenvalue weighted by Gasteiger charge is -2.44. The Morgan fingerprint density at radius 2 is 1.82 bits per heavy atom. The van der Waals surface area contributed by atoms with Gasteiger partial charge in [0.25, 0.3) is 0 Å². The number of fused-ring (bicyclic) bond motifs is 1. The number of thiazole rings is 1. The van der Waals surface area contributed by atoms with Crippen LogP contribution in [0.3, 0.4) is 0 Å². The molecule has 1 amide bonds. The van der Waals surface area contributed by atoms with E-state index in [2.05, 4.69) is 9.88 Å². The molecule has 5 nitrogen and oxygen atoms in total. The Morgan fingerprint density at radius 3 is 2.52 bits per heavy atom. The Labute approximate surface area is 195 Å². The minimum atomic E-state index is -4.48. The third-order valence-corrected chi connectivity index (χ3v) is 7.95.